The van der Waals surface area contributed by atoms with E-state index in [2.05, 4.69) is 4.72 Å². The highest BCUT2D eigenvalue weighted by Crippen LogP contribution is 2.28. The van der Waals surface area contributed by atoms with Crippen molar-refractivity contribution in [3.8, 4) is 11.1 Å². The molecule has 0 spiro atoms. The second-order valence-corrected chi connectivity index (χ2v) is 9.11. The number of rotatable bonds is 5. The third kappa shape index (κ3) is 3.68. The first-order valence-electron chi connectivity index (χ1n) is 7.97. The molecule has 134 valence electrons. The van der Waals surface area contributed by atoms with Crippen LogP contribution in [0.2, 0.25) is 0 Å². The van der Waals surface area contributed by atoms with Crippen LogP contribution in [0.1, 0.15) is 22.3 Å². The van der Waals surface area contributed by atoms with Gasteiger partial charge in [0.05, 0.1) is 5.69 Å². The normalized spacial score (nSPS) is 11.3. The SMILES string of the molecule is CC(=O)c1ccc(-c2ccccc2)cc1NS(=O)(=O)c1c[n+](C)c(C)s1. The van der Waals surface area contributed by atoms with E-state index < -0.39 is 10.0 Å². The molecule has 0 saturated carbocycles. The molecule has 0 saturated heterocycles. The quantitative estimate of drug-likeness (QED) is 0.538. The van der Waals surface area contributed by atoms with Gasteiger partial charge < -0.3 is 0 Å². The van der Waals surface area contributed by atoms with Crippen LogP contribution in [0.15, 0.2) is 58.9 Å². The average molecular weight is 388 g/mol. The maximum atomic E-state index is 12.8. The highest BCUT2D eigenvalue weighted by molar-refractivity contribution is 7.94. The average Bonchev–Trinajstić information content (AvgIpc) is 2.95. The van der Waals surface area contributed by atoms with E-state index in [1.165, 1.54) is 18.3 Å². The van der Waals surface area contributed by atoms with Crippen LogP contribution in [0.5, 0.6) is 0 Å². The van der Waals surface area contributed by atoms with Gasteiger partial charge in [-0.1, -0.05) is 47.7 Å². The number of hydrogen-bond acceptors (Lipinski definition) is 4. The topological polar surface area (TPSA) is 67.1 Å². The zero-order valence-corrected chi connectivity index (χ0v) is 16.3. The smallest absolute Gasteiger partial charge is 0.277 e. The zero-order chi connectivity index (χ0) is 18.9. The monoisotopic (exact) mass is 387 g/mol. The number of anilines is 1. The van der Waals surface area contributed by atoms with Gasteiger partial charge in [-0.05, 0) is 30.2 Å². The molecule has 0 aliphatic carbocycles. The number of carbonyl (C=O) groups is 1. The fourth-order valence-electron chi connectivity index (χ4n) is 2.56. The second kappa shape index (κ2) is 7.01. The first kappa shape index (κ1) is 18.3. The van der Waals surface area contributed by atoms with Crippen molar-refractivity contribution >= 4 is 32.8 Å². The summed E-state index contributed by atoms with van der Waals surface area (Å²) in [6.07, 6.45) is 1.57. The van der Waals surface area contributed by atoms with E-state index in [4.69, 9.17) is 0 Å². The molecule has 5 nitrogen and oxygen atoms in total. The third-order valence-corrected chi connectivity index (χ3v) is 6.98. The van der Waals surface area contributed by atoms with E-state index in [9.17, 15) is 13.2 Å². The van der Waals surface area contributed by atoms with Crippen molar-refractivity contribution in [2.75, 3.05) is 4.72 Å². The molecule has 0 atom stereocenters. The summed E-state index contributed by atoms with van der Waals surface area (Å²) in [5.41, 5.74) is 2.40. The van der Waals surface area contributed by atoms with Crippen LogP contribution in [0.3, 0.4) is 0 Å². The van der Waals surface area contributed by atoms with Crippen molar-refractivity contribution in [2.45, 2.75) is 18.1 Å². The molecule has 26 heavy (non-hydrogen) atoms. The molecule has 3 aromatic rings. The maximum absolute atomic E-state index is 12.8. The predicted molar refractivity (Wildman–Crippen MR) is 103 cm³/mol. The Kier molecular flexibility index (Phi) is 4.93. The van der Waals surface area contributed by atoms with Gasteiger partial charge in [0, 0.05) is 12.5 Å². The van der Waals surface area contributed by atoms with Gasteiger partial charge in [0.2, 0.25) is 15.4 Å². The van der Waals surface area contributed by atoms with Crippen LogP contribution in [0.4, 0.5) is 5.69 Å². The van der Waals surface area contributed by atoms with Gasteiger partial charge in [0.25, 0.3) is 10.0 Å². The molecule has 0 aliphatic heterocycles. The summed E-state index contributed by atoms with van der Waals surface area (Å²) in [6.45, 7) is 3.27. The summed E-state index contributed by atoms with van der Waals surface area (Å²) in [7, 11) is -1.98. The second-order valence-electron chi connectivity index (χ2n) is 5.97. The Labute approximate surface area is 157 Å². The van der Waals surface area contributed by atoms with Crippen molar-refractivity contribution in [3.05, 3.63) is 65.3 Å². The lowest BCUT2D eigenvalue weighted by atomic mass is 10.0. The van der Waals surface area contributed by atoms with Gasteiger partial charge in [-0.2, -0.15) is 4.57 Å². The van der Waals surface area contributed by atoms with Gasteiger partial charge >= 0.3 is 0 Å². The molecule has 2 aromatic carbocycles. The number of thiazole rings is 1. The number of aryl methyl sites for hydroxylation is 2. The van der Waals surface area contributed by atoms with Crippen LogP contribution >= 0.6 is 11.3 Å². The summed E-state index contributed by atoms with van der Waals surface area (Å²) in [6, 6.07) is 14.8. The summed E-state index contributed by atoms with van der Waals surface area (Å²) in [5.74, 6) is -0.199. The molecule has 0 fully saturated rings. The molecule has 1 N–H and O–H groups in total. The van der Waals surface area contributed by atoms with Crippen molar-refractivity contribution in [3.63, 3.8) is 0 Å². The Morgan fingerprint density at radius 3 is 2.35 bits per heavy atom. The molecule has 1 aromatic heterocycles. The van der Waals surface area contributed by atoms with Crippen LogP contribution in [-0.2, 0) is 17.1 Å². The molecule has 3 rings (SSSR count). The third-order valence-electron chi connectivity index (χ3n) is 4.06. The Balaban J connectivity index is 2.06. The summed E-state index contributed by atoms with van der Waals surface area (Å²) in [4.78, 5) is 12.0. The molecule has 0 bridgehead atoms. The highest BCUT2D eigenvalue weighted by atomic mass is 32.2. The molecule has 1 heterocycles. The van der Waals surface area contributed by atoms with Gasteiger partial charge in [0.1, 0.15) is 7.05 Å². The van der Waals surface area contributed by atoms with Crippen LogP contribution < -0.4 is 9.29 Å². The molecule has 0 aliphatic rings. The predicted octanol–water partition coefficient (Wildman–Crippen LogP) is 3.55. The minimum Gasteiger partial charge on any atom is -0.294 e. The maximum Gasteiger partial charge on any atom is 0.277 e. The molecule has 0 amide bonds. The van der Waals surface area contributed by atoms with Gasteiger partial charge in [-0.3, -0.25) is 9.52 Å². The van der Waals surface area contributed by atoms with E-state index >= 15 is 0 Å². The molecular weight excluding hydrogens is 368 g/mol. The van der Waals surface area contributed by atoms with Gasteiger partial charge in [0.15, 0.2) is 5.78 Å². The van der Waals surface area contributed by atoms with Crippen LogP contribution in [-0.4, -0.2) is 14.2 Å². The zero-order valence-electron chi connectivity index (χ0n) is 14.7. The fraction of sp³-hybridized carbons (Fsp3) is 0.158. The summed E-state index contributed by atoms with van der Waals surface area (Å²) < 4.78 is 30.1. The number of benzene rings is 2. The van der Waals surface area contributed by atoms with E-state index in [1.54, 1.807) is 29.9 Å². The number of hydrogen-bond donors (Lipinski definition) is 1. The number of carbonyl (C=O) groups excluding carboxylic acids is 1. The first-order valence-corrected chi connectivity index (χ1v) is 10.3. The Morgan fingerprint density at radius 2 is 1.77 bits per heavy atom. The number of aromatic nitrogens is 1. The molecule has 0 radical (unpaired) electrons. The van der Waals surface area contributed by atoms with E-state index in [-0.39, 0.29) is 15.7 Å². The summed E-state index contributed by atoms with van der Waals surface area (Å²) in [5, 5.41) is 0.871. The Morgan fingerprint density at radius 1 is 1.08 bits per heavy atom. The van der Waals surface area contributed by atoms with Crippen LogP contribution in [0, 0.1) is 6.92 Å². The van der Waals surface area contributed by atoms with Gasteiger partial charge in [-0.25, -0.2) is 8.42 Å². The van der Waals surface area contributed by atoms with Crippen LogP contribution in [0.25, 0.3) is 11.1 Å². The summed E-state index contributed by atoms with van der Waals surface area (Å²) >= 11 is 1.18. The van der Waals surface area contributed by atoms with Crippen molar-refractivity contribution in [1.82, 2.24) is 0 Å². The van der Waals surface area contributed by atoms with Crippen molar-refractivity contribution in [2.24, 2.45) is 7.05 Å². The van der Waals surface area contributed by atoms with Gasteiger partial charge in [-0.15, -0.1) is 0 Å². The molecule has 7 heteroatoms. The minimum atomic E-state index is -3.77. The lowest BCUT2D eigenvalue weighted by Crippen LogP contribution is -2.27. The fourth-order valence-corrected chi connectivity index (χ4v) is 5.04. The number of ketones is 1. The lowest BCUT2D eigenvalue weighted by molar-refractivity contribution is -0.673. The molecule has 0 unspecified atom stereocenters. The number of sulfonamides is 1. The minimum absolute atomic E-state index is 0.199. The number of nitrogens with zero attached hydrogens (tertiary/aromatic N) is 1. The number of nitrogens with one attached hydrogen (secondary N) is 1. The van der Waals surface area contributed by atoms with E-state index in [0.717, 1.165) is 16.1 Å². The standard InChI is InChI=1S/C19H18N2O3S2/c1-13(22)17-10-9-16(15-7-5-4-6-8-15)11-18(17)20-26(23,24)19-12-21(3)14(2)25-19/h4-12H,1-3H3/p+1. The largest absolute Gasteiger partial charge is 0.294 e. The Bertz CT molecular complexity index is 1050. The number of Topliss-reactive ketones (excluding diaryl/α,β-unsaturated/α-hetero) is 1. The first-order chi connectivity index (χ1) is 12.3. The van der Waals surface area contributed by atoms with E-state index in [1.807, 2.05) is 43.3 Å². The van der Waals surface area contributed by atoms with Crippen molar-refractivity contribution < 1.29 is 17.8 Å². The Hall–Kier alpha value is -2.51. The highest BCUT2D eigenvalue weighted by Gasteiger charge is 2.24. The molecular formula is C19H19N2O3S2+. The van der Waals surface area contributed by atoms with E-state index in [0.29, 0.717) is 5.56 Å². The van der Waals surface area contributed by atoms with Crippen molar-refractivity contribution in [1.29, 1.82) is 0 Å². The lowest BCUT2D eigenvalue weighted by Gasteiger charge is -2.12.